The maximum Gasteiger partial charge on any atom is 0.0608 e. The van der Waals surface area contributed by atoms with Crippen molar-refractivity contribution in [3.8, 4) is 0 Å². The maximum absolute atomic E-state index is 9.81. The maximum atomic E-state index is 9.81. The van der Waals surface area contributed by atoms with E-state index in [4.69, 9.17) is 0 Å². The predicted octanol–water partition coefficient (Wildman–Crippen LogP) is 3.43. The molecule has 1 N–H and O–H groups in total. The molecule has 0 radical (unpaired) electrons. The molecule has 1 aromatic carbocycles. The molecule has 1 saturated carbocycles. The molecule has 0 saturated heterocycles. The fraction of sp³-hybridized carbons (Fsp3) is 0.538. The molecule has 0 bridgehead atoms. The fourth-order valence-electron chi connectivity index (χ4n) is 2.31. The second-order valence-corrected chi connectivity index (χ2v) is 5.44. The quantitative estimate of drug-likeness (QED) is 0.791. The Balaban J connectivity index is 2.09. The van der Waals surface area contributed by atoms with E-state index >= 15 is 0 Å². The summed E-state index contributed by atoms with van der Waals surface area (Å²) in [5.41, 5.74) is 1.31. The van der Waals surface area contributed by atoms with Gasteiger partial charge in [-0.15, -0.1) is 11.8 Å². The van der Waals surface area contributed by atoms with Crippen molar-refractivity contribution >= 4 is 11.8 Å². The zero-order chi connectivity index (χ0) is 10.7. The predicted molar refractivity (Wildman–Crippen MR) is 65.4 cm³/mol. The summed E-state index contributed by atoms with van der Waals surface area (Å²) >= 11 is 1.86. The van der Waals surface area contributed by atoms with Crippen molar-refractivity contribution in [2.24, 2.45) is 0 Å². The van der Waals surface area contributed by atoms with Gasteiger partial charge in [0.2, 0.25) is 0 Å². The van der Waals surface area contributed by atoms with Crippen LogP contribution in [0.3, 0.4) is 0 Å². The minimum absolute atomic E-state index is 0.116. The number of rotatable bonds is 3. The molecule has 82 valence electrons. The molecule has 1 fully saturated rings. The van der Waals surface area contributed by atoms with E-state index in [2.05, 4.69) is 31.2 Å². The summed E-state index contributed by atoms with van der Waals surface area (Å²) in [6.45, 7) is 2.17. The molecule has 1 aliphatic rings. The van der Waals surface area contributed by atoms with Crippen molar-refractivity contribution in [3.05, 3.63) is 29.8 Å². The smallest absolute Gasteiger partial charge is 0.0608 e. The van der Waals surface area contributed by atoms with Crippen molar-refractivity contribution in [1.82, 2.24) is 0 Å². The van der Waals surface area contributed by atoms with Crippen LogP contribution in [0.2, 0.25) is 0 Å². The summed E-state index contributed by atoms with van der Waals surface area (Å²) in [5.74, 6) is 1.50. The lowest BCUT2D eigenvalue weighted by molar-refractivity contribution is 0.164. The number of aliphatic hydroxyl groups is 1. The van der Waals surface area contributed by atoms with Gasteiger partial charge in [0, 0.05) is 10.8 Å². The van der Waals surface area contributed by atoms with Gasteiger partial charge >= 0.3 is 0 Å². The minimum Gasteiger partial charge on any atom is -0.392 e. The van der Waals surface area contributed by atoms with Gasteiger partial charge in [-0.2, -0.15) is 0 Å². The highest BCUT2D eigenvalue weighted by molar-refractivity contribution is 7.99. The highest BCUT2D eigenvalue weighted by Crippen LogP contribution is 2.35. The van der Waals surface area contributed by atoms with Crippen LogP contribution in [-0.2, 0) is 0 Å². The van der Waals surface area contributed by atoms with E-state index in [1.165, 1.54) is 10.5 Å². The third-order valence-electron chi connectivity index (χ3n) is 3.10. The third kappa shape index (κ3) is 2.56. The van der Waals surface area contributed by atoms with Crippen molar-refractivity contribution in [3.63, 3.8) is 0 Å². The summed E-state index contributed by atoms with van der Waals surface area (Å²) in [4.78, 5) is 1.33. The molecule has 2 atom stereocenters. The normalized spacial score (nSPS) is 25.7. The second kappa shape index (κ2) is 5.04. The van der Waals surface area contributed by atoms with Gasteiger partial charge in [-0.1, -0.05) is 25.5 Å². The molecule has 0 unspecified atom stereocenters. The number of hydrogen-bond acceptors (Lipinski definition) is 2. The van der Waals surface area contributed by atoms with Crippen LogP contribution in [0.1, 0.15) is 37.7 Å². The molecule has 0 amide bonds. The van der Waals surface area contributed by atoms with Gasteiger partial charge in [0.15, 0.2) is 0 Å². The van der Waals surface area contributed by atoms with Gasteiger partial charge in [0.1, 0.15) is 0 Å². The first-order valence-corrected chi connectivity index (χ1v) is 6.70. The molecular weight excluding hydrogens is 204 g/mol. The van der Waals surface area contributed by atoms with E-state index in [1.807, 2.05) is 11.8 Å². The molecule has 0 heterocycles. The molecular formula is C13H18OS. The van der Waals surface area contributed by atoms with Crippen molar-refractivity contribution in [2.75, 3.05) is 5.75 Å². The molecule has 0 aliphatic heterocycles. The first kappa shape index (κ1) is 11.0. The second-order valence-electron chi connectivity index (χ2n) is 4.11. The molecule has 0 aromatic heterocycles. The Morgan fingerprint density at radius 2 is 2.00 bits per heavy atom. The Kier molecular flexibility index (Phi) is 3.71. The highest BCUT2D eigenvalue weighted by Gasteiger charge is 2.26. The molecule has 2 rings (SSSR count). The first-order valence-electron chi connectivity index (χ1n) is 5.72. The number of benzene rings is 1. The van der Waals surface area contributed by atoms with Crippen LogP contribution < -0.4 is 0 Å². The lowest BCUT2D eigenvalue weighted by atomic mass is 9.96. The van der Waals surface area contributed by atoms with E-state index in [0.29, 0.717) is 5.92 Å². The summed E-state index contributed by atoms with van der Waals surface area (Å²) < 4.78 is 0. The van der Waals surface area contributed by atoms with Crippen LogP contribution in [0.15, 0.2) is 29.2 Å². The van der Waals surface area contributed by atoms with E-state index < -0.39 is 0 Å². The Bertz CT molecular complexity index is 307. The van der Waals surface area contributed by atoms with Crippen LogP contribution in [0, 0.1) is 0 Å². The number of hydrogen-bond donors (Lipinski definition) is 1. The van der Waals surface area contributed by atoms with E-state index in [-0.39, 0.29) is 6.10 Å². The molecule has 1 aliphatic carbocycles. The molecule has 15 heavy (non-hydrogen) atoms. The Morgan fingerprint density at radius 1 is 1.27 bits per heavy atom. The molecule has 0 spiro atoms. The highest BCUT2D eigenvalue weighted by atomic mass is 32.2. The van der Waals surface area contributed by atoms with E-state index in [0.717, 1.165) is 25.0 Å². The van der Waals surface area contributed by atoms with Crippen molar-refractivity contribution < 1.29 is 5.11 Å². The van der Waals surface area contributed by atoms with Crippen LogP contribution in [0.4, 0.5) is 0 Å². The lowest BCUT2D eigenvalue weighted by Gasteiger charge is -2.14. The Hall–Kier alpha value is -0.470. The largest absolute Gasteiger partial charge is 0.392 e. The summed E-state index contributed by atoms with van der Waals surface area (Å²) in [5, 5.41) is 9.81. The van der Waals surface area contributed by atoms with Crippen LogP contribution in [-0.4, -0.2) is 17.0 Å². The third-order valence-corrected chi connectivity index (χ3v) is 3.99. The number of aliphatic hydroxyl groups excluding tert-OH is 1. The monoisotopic (exact) mass is 222 g/mol. The molecule has 1 nitrogen and oxygen atoms in total. The van der Waals surface area contributed by atoms with Gasteiger partial charge in [-0.3, -0.25) is 0 Å². The van der Waals surface area contributed by atoms with Crippen LogP contribution in [0.25, 0.3) is 0 Å². The summed E-state index contributed by atoms with van der Waals surface area (Å²) in [6, 6.07) is 8.71. The molecule has 1 aromatic rings. The van der Waals surface area contributed by atoms with Gasteiger partial charge in [0.05, 0.1) is 6.10 Å². The van der Waals surface area contributed by atoms with Gasteiger partial charge in [-0.25, -0.2) is 0 Å². The average Bonchev–Trinajstić information content (AvgIpc) is 2.66. The zero-order valence-corrected chi connectivity index (χ0v) is 9.96. The minimum atomic E-state index is -0.116. The van der Waals surface area contributed by atoms with E-state index in [9.17, 15) is 5.11 Å². The average molecular weight is 222 g/mol. The van der Waals surface area contributed by atoms with Crippen LogP contribution in [0.5, 0.6) is 0 Å². The summed E-state index contributed by atoms with van der Waals surface area (Å²) in [7, 11) is 0. The van der Waals surface area contributed by atoms with Gasteiger partial charge < -0.3 is 5.11 Å². The first-order chi connectivity index (χ1) is 7.31. The Labute approximate surface area is 95.9 Å². The van der Waals surface area contributed by atoms with Gasteiger partial charge in [-0.05, 0) is 36.3 Å². The molecule has 2 heteroatoms. The van der Waals surface area contributed by atoms with Crippen LogP contribution >= 0.6 is 11.8 Å². The zero-order valence-electron chi connectivity index (χ0n) is 9.15. The fourth-order valence-corrected chi connectivity index (χ4v) is 2.97. The standard InChI is InChI=1S/C13H18OS/c1-2-15-11-8-6-10(7-9-11)12-4-3-5-13(12)14/h6-9,12-14H,2-5H2,1H3/t12-,13-/m1/s1. The topological polar surface area (TPSA) is 20.2 Å². The van der Waals surface area contributed by atoms with Crippen molar-refractivity contribution in [2.45, 2.75) is 43.1 Å². The van der Waals surface area contributed by atoms with Gasteiger partial charge in [0.25, 0.3) is 0 Å². The van der Waals surface area contributed by atoms with E-state index in [1.54, 1.807) is 0 Å². The Morgan fingerprint density at radius 3 is 2.53 bits per heavy atom. The SMILES string of the molecule is CCSc1ccc([C@H]2CCC[C@H]2O)cc1. The van der Waals surface area contributed by atoms with Crippen molar-refractivity contribution in [1.29, 1.82) is 0 Å². The summed E-state index contributed by atoms with van der Waals surface area (Å²) in [6.07, 6.45) is 3.16. The number of thioether (sulfide) groups is 1. The lowest BCUT2D eigenvalue weighted by Crippen LogP contribution is -2.10.